The van der Waals surface area contributed by atoms with Crippen LogP contribution in [0.2, 0.25) is 0 Å². The summed E-state index contributed by atoms with van der Waals surface area (Å²) < 4.78 is 1.76. The summed E-state index contributed by atoms with van der Waals surface area (Å²) >= 11 is 0. The number of nitriles is 1. The van der Waals surface area contributed by atoms with Gasteiger partial charge in [0.1, 0.15) is 6.33 Å². The van der Waals surface area contributed by atoms with E-state index in [-0.39, 0.29) is 11.8 Å². The lowest BCUT2D eigenvalue weighted by atomic mass is 9.93. The van der Waals surface area contributed by atoms with E-state index in [1.807, 2.05) is 17.9 Å². The van der Waals surface area contributed by atoms with Crippen molar-refractivity contribution in [3.63, 3.8) is 0 Å². The molecule has 0 spiro atoms. The summed E-state index contributed by atoms with van der Waals surface area (Å²) in [4.78, 5) is 23.4. The molecule has 1 unspecified atom stereocenters. The number of fused-ring (bicyclic) bond motifs is 1. The molecule has 0 aliphatic carbocycles. The molecule has 26 heavy (non-hydrogen) atoms. The number of likely N-dealkylation sites (tertiary alicyclic amines) is 1. The summed E-state index contributed by atoms with van der Waals surface area (Å²) in [7, 11) is 0. The average molecular weight is 346 g/mol. The highest BCUT2D eigenvalue weighted by molar-refractivity contribution is 5.96. The molecular formula is C19H18N6O. The van der Waals surface area contributed by atoms with Crippen LogP contribution in [0.25, 0.3) is 5.78 Å². The third-order valence-electron chi connectivity index (χ3n) is 4.81. The lowest BCUT2D eigenvalue weighted by molar-refractivity contribution is 0.0705. The molecule has 1 aliphatic rings. The van der Waals surface area contributed by atoms with E-state index in [4.69, 9.17) is 0 Å². The third kappa shape index (κ3) is 2.80. The number of nitrogens with zero attached hydrogens (tertiary/aromatic N) is 6. The van der Waals surface area contributed by atoms with Gasteiger partial charge >= 0.3 is 0 Å². The van der Waals surface area contributed by atoms with Crippen molar-refractivity contribution in [1.82, 2.24) is 24.5 Å². The van der Waals surface area contributed by atoms with Crippen molar-refractivity contribution in [2.45, 2.75) is 25.7 Å². The minimum absolute atomic E-state index is 0.0903. The molecule has 3 heterocycles. The number of benzene rings is 1. The van der Waals surface area contributed by atoms with Gasteiger partial charge in [-0.15, -0.1) is 0 Å². The van der Waals surface area contributed by atoms with E-state index < -0.39 is 0 Å². The minimum Gasteiger partial charge on any atom is -0.338 e. The highest BCUT2D eigenvalue weighted by Gasteiger charge is 2.28. The fourth-order valence-electron chi connectivity index (χ4n) is 3.59. The van der Waals surface area contributed by atoms with Crippen molar-refractivity contribution in [1.29, 1.82) is 5.26 Å². The lowest BCUT2D eigenvalue weighted by Crippen LogP contribution is -2.40. The molecule has 1 aromatic carbocycles. The van der Waals surface area contributed by atoms with E-state index in [9.17, 15) is 10.1 Å². The Morgan fingerprint density at radius 3 is 3.04 bits per heavy atom. The number of aryl methyl sites for hydroxylation is 1. The predicted octanol–water partition coefficient (Wildman–Crippen LogP) is 2.32. The second-order valence-electron chi connectivity index (χ2n) is 6.54. The van der Waals surface area contributed by atoms with Crippen LogP contribution in [0, 0.1) is 18.3 Å². The molecule has 1 atom stereocenters. The highest BCUT2D eigenvalue weighted by Crippen LogP contribution is 2.28. The first kappa shape index (κ1) is 16.2. The fourth-order valence-corrected chi connectivity index (χ4v) is 3.59. The molecule has 0 saturated carbocycles. The summed E-state index contributed by atoms with van der Waals surface area (Å²) in [6.07, 6.45) is 3.38. The van der Waals surface area contributed by atoms with Crippen molar-refractivity contribution in [2.75, 3.05) is 13.1 Å². The minimum atomic E-state index is -0.0903. The van der Waals surface area contributed by atoms with Gasteiger partial charge in [-0.3, -0.25) is 4.79 Å². The second kappa shape index (κ2) is 6.56. The van der Waals surface area contributed by atoms with Crippen LogP contribution in [0.15, 0.2) is 36.7 Å². The molecule has 3 aromatic rings. The van der Waals surface area contributed by atoms with Gasteiger partial charge in [-0.2, -0.15) is 15.3 Å². The van der Waals surface area contributed by atoms with E-state index >= 15 is 0 Å². The Kier molecular flexibility index (Phi) is 4.09. The Hall–Kier alpha value is -3.27. The van der Waals surface area contributed by atoms with E-state index in [0.29, 0.717) is 30.0 Å². The van der Waals surface area contributed by atoms with Crippen LogP contribution in [-0.4, -0.2) is 43.5 Å². The van der Waals surface area contributed by atoms with E-state index in [1.165, 1.54) is 6.33 Å². The number of hydrogen-bond acceptors (Lipinski definition) is 5. The number of aromatic nitrogens is 4. The van der Waals surface area contributed by atoms with Gasteiger partial charge in [0, 0.05) is 24.7 Å². The highest BCUT2D eigenvalue weighted by atomic mass is 16.2. The van der Waals surface area contributed by atoms with E-state index in [0.717, 1.165) is 24.2 Å². The zero-order valence-electron chi connectivity index (χ0n) is 14.5. The van der Waals surface area contributed by atoms with Crippen molar-refractivity contribution in [3.8, 4) is 6.07 Å². The molecule has 4 rings (SSSR count). The normalized spacial score (nSPS) is 17.2. The molecule has 130 valence electrons. The standard InChI is InChI=1S/C19H18N6O/c1-13-9-17(25-19(23-13)21-12-22-25)15-6-4-8-24(11-15)18(26)16-7-3-2-5-14(16)10-20/h2-3,5,7,9,12,15H,4,6,8,11H2,1H3. The first-order chi connectivity index (χ1) is 12.7. The number of rotatable bonds is 2. The number of piperidine rings is 1. The maximum absolute atomic E-state index is 13.0. The number of hydrogen-bond donors (Lipinski definition) is 0. The topological polar surface area (TPSA) is 87.2 Å². The molecule has 0 N–H and O–H groups in total. The van der Waals surface area contributed by atoms with Crippen molar-refractivity contribution >= 4 is 11.7 Å². The van der Waals surface area contributed by atoms with Crippen molar-refractivity contribution in [3.05, 3.63) is 59.2 Å². The predicted molar refractivity (Wildman–Crippen MR) is 94.6 cm³/mol. The molecule has 1 aliphatic heterocycles. The smallest absolute Gasteiger partial charge is 0.255 e. The summed E-state index contributed by atoms with van der Waals surface area (Å²) in [6.45, 7) is 3.23. The monoisotopic (exact) mass is 346 g/mol. The summed E-state index contributed by atoms with van der Waals surface area (Å²) in [5.74, 6) is 0.651. The zero-order chi connectivity index (χ0) is 18.1. The van der Waals surface area contributed by atoms with Gasteiger partial charge in [-0.05, 0) is 38.0 Å². The molecule has 1 fully saturated rings. The molecule has 1 amide bonds. The number of carbonyl (C=O) groups is 1. The lowest BCUT2D eigenvalue weighted by Gasteiger charge is -2.33. The molecule has 2 aromatic heterocycles. The van der Waals surface area contributed by atoms with Crippen molar-refractivity contribution in [2.24, 2.45) is 0 Å². The molecular weight excluding hydrogens is 328 g/mol. The van der Waals surface area contributed by atoms with Gasteiger partial charge < -0.3 is 4.90 Å². The van der Waals surface area contributed by atoms with Gasteiger partial charge in [0.2, 0.25) is 0 Å². The SMILES string of the molecule is Cc1cc(C2CCCN(C(=O)c3ccccc3C#N)C2)n2ncnc2n1. The van der Waals surface area contributed by atoms with Gasteiger partial charge in [0.05, 0.1) is 22.9 Å². The Labute approximate surface area is 150 Å². The third-order valence-corrected chi connectivity index (χ3v) is 4.81. The fraction of sp³-hybridized carbons (Fsp3) is 0.316. The van der Waals surface area contributed by atoms with Crippen LogP contribution in [0.3, 0.4) is 0 Å². The van der Waals surface area contributed by atoms with Gasteiger partial charge in [-0.25, -0.2) is 9.50 Å². The Morgan fingerprint density at radius 2 is 2.19 bits per heavy atom. The quantitative estimate of drug-likeness (QED) is 0.711. The Bertz CT molecular complexity index is 1020. The largest absolute Gasteiger partial charge is 0.338 e. The van der Waals surface area contributed by atoms with Crippen LogP contribution in [0.4, 0.5) is 0 Å². The Morgan fingerprint density at radius 1 is 1.35 bits per heavy atom. The van der Waals surface area contributed by atoms with Gasteiger partial charge in [0.15, 0.2) is 0 Å². The summed E-state index contributed by atoms with van der Waals surface area (Å²) in [5.41, 5.74) is 2.79. The van der Waals surface area contributed by atoms with Crippen LogP contribution in [0.1, 0.15) is 46.1 Å². The average Bonchev–Trinajstić information content (AvgIpc) is 3.15. The van der Waals surface area contributed by atoms with Crippen LogP contribution in [-0.2, 0) is 0 Å². The maximum Gasteiger partial charge on any atom is 0.255 e. The molecule has 7 heteroatoms. The first-order valence-corrected chi connectivity index (χ1v) is 8.63. The van der Waals surface area contributed by atoms with Crippen LogP contribution < -0.4 is 0 Å². The van der Waals surface area contributed by atoms with Gasteiger partial charge in [-0.1, -0.05) is 12.1 Å². The summed E-state index contributed by atoms with van der Waals surface area (Å²) in [5, 5.41) is 13.6. The van der Waals surface area contributed by atoms with Gasteiger partial charge in [0.25, 0.3) is 11.7 Å². The van der Waals surface area contributed by atoms with E-state index in [2.05, 4.69) is 21.1 Å². The van der Waals surface area contributed by atoms with Crippen LogP contribution >= 0.6 is 0 Å². The molecule has 0 bridgehead atoms. The maximum atomic E-state index is 13.0. The molecule has 7 nitrogen and oxygen atoms in total. The molecule has 1 saturated heterocycles. The second-order valence-corrected chi connectivity index (χ2v) is 6.54. The summed E-state index contributed by atoms with van der Waals surface area (Å²) in [6, 6.07) is 11.1. The van der Waals surface area contributed by atoms with Crippen LogP contribution in [0.5, 0.6) is 0 Å². The number of carbonyl (C=O) groups excluding carboxylic acids is 1. The Balaban J connectivity index is 1.64. The van der Waals surface area contributed by atoms with E-state index in [1.54, 1.807) is 28.8 Å². The number of amides is 1. The zero-order valence-corrected chi connectivity index (χ0v) is 14.5. The van der Waals surface area contributed by atoms with Crippen molar-refractivity contribution < 1.29 is 4.79 Å². The molecule has 0 radical (unpaired) electrons. The first-order valence-electron chi connectivity index (χ1n) is 8.63.